The number of nitrogens with one attached hydrogen (secondary N) is 2. The van der Waals surface area contributed by atoms with Crippen molar-refractivity contribution < 1.29 is 19.1 Å². The van der Waals surface area contributed by atoms with Crippen molar-refractivity contribution in [1.82, 2.24) is 5.32 Å². The summed E-state index contributed by atoms with van der Waals surface area (Å²) in [6.07, 6.45) is 0.0451. The number of carbonyl (C=O) groups excluding carboxylic acids is 2. The number of hydrogen-bond acceptors (Lipinski definition) is 6. The third-order valence-corrected chi connectivity index (χ3v) is 4.55. The van der Waals surface area contributed by atoms with E-state index < -0.39 is 5.25 Å². The molecule has 1 fully saturated rings. The number of hydrogen-bond donors (Lipinski definition) is 2. The number of rotatable bonds is 7. The Kier molecular flexibility index (Phi) is 6.89. The van der Waals surface area contributed by atoms with Crippen molar-refractivity contribution >= 4 is 46.0 Å². The molecule has 1 aliphatic rings. The molecule has 0 saturated carbocycles. The zero-order valence-electron chi connectivity index (χ0n) is 13.3. The molecule has 2 N–H and O–H groups in total. The molecule has 0 spiro atoms. The standard InChI is InChI=1S/C15H18ClN3O4S/c1-22-6-5-17-15-19-14(21)12(24-15)8-13(20)18-9-3-4-11(23-2)10(16)7-9/h3-4,7,12H,5-6,8H2,1-2H3,(H,18,20)(H,17,19,21)/t12-/m0/s1. The number of amides is 2. The van der Waals surface area contributed by atoms with E-state index in [0.29, 0.717) is 34.8 Å². The van der Waals surface area contributed by atoms with E-state index in [1.54, 1.807) is 25.3 Å². The van der Waals surface area contributed by atoms with Crippen molar-refractivity contribution in [2.45, 2.75) is 11.7 Å². The summed E-state index contributed by atoms with van der Waals surface area (Å²) >= 11 is 7.26. The number of aliphatic imine (C=N–C) groups is 1. The highest BCUT2D eigenvalue weighted by molar-refractivity contribution is 8.15. The van der Waals surface area contributed by atoms with Crippen LogP contribution in [-0.2, 0) is 14.3 Å². The number of benzene rings is 1. The Labute approximate surface area is 149 Å². The number of ether oxygens (including phenoxy) is 2. The summed E-state index contributed by atoms with van der Waals surface area (Å²) in [6, 6.07) is 4.94. The summed E-state index contributed by atoms with van der Waals surface area (Å²) in [5, 5.41) is 5.79. The van der Waals surface area contributed by atoms with Gasteiger partial charge in [0, 0.05) is 19.2 Å². The van der Waals surface area contributed by atoms with E-state index in [4.69, 9.17) is 21.1 Å². The van der Waals surface area contributed by atoms with Crippen molar-refractivity contribution in [2.24, 2.45) is 4.99 Å². The SMILES string of the molecule is COCCN=C1NC(=O)[C@H](CC(=O)Nc2ccc(OC)c(Cl)c2)S1. The van der Waals surface area contributed by atoms with Gasteiger partial charge in [-0.25, -0.2) is 0 Å². The number of carbonyl (C=O) groups is 2. The van der Waals surface area contributed by atoms with Gasteiger partial charge in [0.05, 0.1) is 25.3 Å². The Bertz CT molecular complexity index is 654. The molecule has 1 heterocycles. The van der Waals surface area contributed by atoms with Crippen LogP contribution in [0.5, 0.6) is 5.75 Å². The second-order valence-corrected chi connectivity index (χ2v) is 6.48. The molecule has 1 aromatic rings. The van der Waals surface area contributed by atoms with E-state index in [1.165, 1.54) is 18.9 Å². The fraction of sp³-hybridized carbons (Fsp3) is 0.400. The van der Waals surface area contributed by atoms with Crippen molar-refractivity contribution in [2.75, 3.05) is 32.7 Å². The third kappa shape index (κ3) is 5.12. The van der Waals surface area contributed by atoms with Gasteiger partial charge in [0.2, 0.25) is 11.8 Å². The van der Waals surface area contributed by atoms with Crippen molar-refractivity contribution in [1.29, 1.82) is 0 Å². The Morgan fingerprint density at radius 1 is 1.46 bits per heavy atom. The van der Waals surface area contributed by atoms with Crippen LogP contribution in [0.15, 0.2) is 23.2 Å². The van der Waals surface area contributed by atoms with Gasteiger partial charge in [-0.05, 0) is 18.2 Å². The predicted octanol–water partition coefficient (Wildman–Crippen LogP) is 1.91. The molecule has 1 aromatic carbocycles. The second kappa shape index (κ2) is 8.91. The molecule has 130 valence electrons. The first kappa shape index (κ1) is 18.6. The van der Waals surface area contributed by atoms with Gasteiger partial charge < -0.3 is 20.1 Å². The first-order valence-electron chi connectivity index (χ1n) is 7.17. The minimum absolute atomic E-state index is 0.0451. The minimum Gasteiger partial charge on any atom is -0.495 e. The van der Waals surface area contributed by atoms with Gasteiger partial charge in [-0.1, -0.05) is 23.4 Å². The summed E-state index contributed by atoms with van der Waals surface area (Å²) in [5.41, 5.74) is 0.545. The summed E-state index contributed by atoms with van der Waals surface area (Å²) < 4.78 is 9.96. The number of thioether (sulfide) groups is 1. The first-order valence-corrected chi connectivity index (χ1v) is 8.43. The molecule has 1 atom stereocenters. The normalized spacial score (nSPS) is 18.5. The first-order chi connectivity index (χ1) is 11.5. The summed E-state index contributed by atoms with van der Waals surface area (Å²) in [7, 11) is 3.10. The summed E-state index contributed by atoms with van der Waals surface area (Å²) in [4.78, 5) is 28.2. The molecule has 0 aliphatic carbocycles. The Hall–Kier alpha value is -1.77. The van der Waals surface area contributed by atoms with Gasteiger partial charge in [0.15, 0.2) is 5.17 Å². The van der Waals surface area contributed by atoms with Crippen LogP contribution in [0.4, 0.5) is 5.69 Å². The highest BCUT2D eigenvalue weighted by Crippen LogP contribution is 2.28. The molecule has 0 unspecified atom stereocenters. The van der Waals surface area contributed by atoms with Gasteiger partial charge >= 0.3 is 0 Å². The second-order valence-electron chi connectivity index (χ2n) is 4.88. The smallest absolute Gasteiger partial charge is 0.240 e. The number of nitrogens with zero attached hydrogens (tertiary/aromatic N) is 1. The van der Waals surface area contributed by atoms with Crippen molar-refractivity contribution in [3.63, 3.8) is 0 Å². The maximum absolute atomic E-state index is 12.1. The van der Waals surface area contributed by atoms with Crippen LogP contribution in [0.2, 0.25) is 5.02 Å². The Morgan fingerprint density at radius 3 is 2.92 bits per heavy atom. The molecule has 24 heavy (non-hydrogen) atoms. The van der Waals surface area contributed by atoms with Crippen LogP contribution in [0.1, 0.15) is 6.42 Å². The van der Waals surface area contributed by atoms with Gasteiger partial charge in [-0.2, -0.15) is 0 Å². The van der Waals surface area contributed by atoms with Crippen LogP contribution in [0.3, 0.4) is 0 Å². The molecule has 2 amide bonds. The maximum atomic E-state index is 12.1. The average Bonchev–Trinajstić information content (AvgIpc) is 2.87. The number of methoxy groups -OCH3 is 2. The van der Waals surface area contributed by atoms with E-state index in [0.717, 1.165) is 0 Å². The largest absolute Gasteiger partial charge is 0.495 e. The Morgan fingerprint density at radius 2 is 2.25 bits per heavy atom. The molecular weight excluding hydrogens is 354 g/mol. The lowest BCUT2D eigenvalue weighted by atomic mass is 10.2. The summed E-state index contributed by atoms with van der Waals surface area (Å²) in [6.45, 7) is 0.936. The number of amidine groups is 1. The monoisotopic (exact) mass is 371 g/mol. The minimum atomic E-state index is -0.500. The molecule has 0 radical (unpaired) electrons. The zero-order chi connectivity index (χ0) is 17.5. The van der Waals surface area contributed by atoms with E-state index >= 15 is 0 Å². The van der Waals surface area contributed by atoms with Crippen molar-refractivity contribution in [3.05, 3.63) is 23.2 Å². The average molecular weight is 372 g/mol. The van der Waals surface area contributed by atoms with Gasteiger partial charge in [0.1, 0.15) is 11.0 Å². The number of anilines is 1. The van der Waals surface area contributed by atoms with E-state index in [9.17, 15) is 9.59 Å². The molecule has 0 aromatic heterocycles. The number of halogens is 1. The van der Waals surface area contributed by atoms with Crippen LogP contribution in [0, 0.1) is 0 Å². The Balaban J connectivity index is 1.89. The fourth-order valence-electron chi connectivity index (χ4n) is 1.98. The van der Waals surface area contributed by atoms with E-state index in [2.05, 4.69) is 15.6 Å². The molecule has 9 heteroatoms. The van der Waals surface area contributed by atoms with E-state index in [-0.39, 0.29) is 18.2 Å². The van der Waals surface area contributed by atoms with Gasteiger partial charge in [-0.15, -0.1) is 0 Å². The lowest BCUT2D eigenvalue weighted by Gasteiger charge is -2.09. The highest BCUT2D eigenvalue weighted by atomic mass is 35.5. The molecule has 7 nitrogen and oxygen atoms in total. The predicted molar refractivity (Wildman–Crippen MR) is 95.0 cm³/mol. The molecule has 2 rings (SSSR count). The van der Waals surface area contributed by atoms with Crippen LogP contribution < -0.4 is 15.4 Å². The fourth-order valence-corrected chi connectivity index (χ4v) is 3.23. The maximum Gasteiger partial charge on any atom is 0.240 e. The topological polar surface area (TPSA) is 89.0 Å². The summed E-state index contributed by atoms with van der Waals surface area (Å²) in [5.74, 6) is 0.0263. The lowest BCUT2D eigenvalue weighted by Crippen LogP contribution is -2.28. The van der Waals surface area contributed by atoms with Crippen molar-refractivity contribution in [3.8, 4) is 5.75 Å². The molecular formula is C15H18ClN3O4S. The lowest BCUT2D eigenvalue weighted by molar-refractivity contribution is -0.122. The third-order valence-electron chi connectivity index (χ3n) is 3.13. The zero-order valence-corrected chi connectivity index (χ0v) is 14.9. The van der Waals surface area contributed by atoms with E-state index in [1.807, 2.05) is 0 Å². The highest BCUT2D eigenvalue weighted by Gasteiger charge is 2.31. The molecule has 0 bridgehead atoms. The quantitative estimate of drug-likeness (QED) is 0.715. The van der Waals surface area contributed by atoms with Gasteiger partial charge in [-0.3, -0.25) is 14.6 Å². The molecule has 1 aliphatic heterocycles. The van der Waals surface area contributed by atoms with Gasteiger partial charge in [0.25, 0.3) is 0 Å². The van der Waals surface area contributed by atoms with Crippen LogP contribution in [0.25, 0.3) is 0 Å². The van der Waals surface area contributed by atoms with Crippen LogP contribution in [-0.4, -0.2) is 49.6 Å². The van der Waals surface area contributed by atoms with Crippen LogP contribution >= 0.6 is 23.4 Å². The molecule has 1 saturated heterocycles.